The predicted molar refractivity (Wildman–Crippen MR) is 108 cm³/mol. The molecule has 4 rings (SSSR count). The SMILES string of the molecule is Cc1c(C(=O)O[C@@H](C)C(=O)NCc2cccs2)sc2nc3n(c(=O)c12)CCC3. The monoisotopic (exact) mass is 417 g/mol. The zero-order chi connectivity index (χ0) is 19.8. The highest BCUT2D eigenvalue weighted by Gasteiger charge is 2.26. The van der Waals surface area contributed by atoms with E-state index in [1.165, 1.54) is 6.92 Å². The van der Waals surface area contributed by atoms with Gasteiger partial charge in [-0.1, -0.05) is 6.07 Å². The Kier molecular flexibility index (Phi) is 5.03. The summed E-state index contributed by atoms with van der Waals surface area (Å²) in [7, 11) is 0. The number of aromatic nitrogens is 2. The molecular weight excluding hydrogens is 398 g/mol. The Labute approximate surface area is 169 Å². The summed E-state index contributed by atoms with van der Waals surface area (Å²) in [5, 5.41) is 5.16. The minimum Gasteiger partial charge on any atom is -0.448 e. The number of ether oxygens (including phenoxy) is 1. The van der Waals surface area contributed by atoms with Gasteiger partial charge in [0, 0.05) is 17.8 Å². The Morgan fingerprint density at radius 2 is 2.25 bits per heavy atom. The fourth-order valence-corrected chi connectivity index (χ4v) is 4.99. The third-order valence-corrected chi connectivity index (χ3v) is 6.81. The average molecular weight is 418 g/mol. The minimum absolute atomic E-state index is 0.105. The summed E-state index contributed by atoms with van der Waals surface area (Å²) in [6.07, 6.45) is 0.741. The fourth-order valence-electron chi connectivity index (χ4n) is 3.27. The molecule has 0 unspecified atom stereocenters. The van der Waals surface area contributed by atoms with Crippen LogP contribution in [0.2, 0.25) is 0 Å². The molecule has 0 saturated heterocycles. The molecule has 28 heavy (non-hydrogen) atoms. The van der Waals surface area contributed by atoms with Gasteiger partial charge in [-0.15, -0.1) is 22.7 Å². The molecule has 0 radical (unpaired) electrons. The number of esters is 1. The van der Waals surface area contributed by atoms with Crippen LogP contribution in [0.5, 0.6) is 0 Å². The van der Waals surface area contributed by atoms with Crippen molar-refractivity contribution in [3.05, 3.63) is 49.0 Å². The van der Waals surface area contributed by atoms with E-state index in [0.29, 0.717) is 33.7 Å². The smallest absolute Gasteiger partial charge is 0.349 e. The van der Waals surface area contributed by atoms with E-state index in [0.717, 1.165) is 34.9 Å². The first-order valence-corrected chi connectivity index (χ1v) is 10.7. The summed E-state index contributed by atoms with van der Waals surface area (Å²) in [6, 6.07) is 3.83. The van der Waals surface area contributed by atoms with Crippen molar-refractivity contribution < 1.29 is 14.3 Å². The molecule has 9 heteroatoms. The zero-order valence-electron chi connectivity index (χ0n) is 15.5. The lowest BCUT2D eigenvalue weighted by Crippen LogP contribution is -2.35. The number of fused-ring (bicyclic) bond motifs is 2. The summed E-state index contributed by atoms with van der Waals surface area (Å²) in [4.78, 5) is 44.0. The van der Waals surface area contributed by atoms with Crippen LogP contribution in [0, 0.1) is 6.92 Å². The number of nitrogens with zero attached hydrogens (tertiary/aromatic N) is 2. The molecule has 4 heterocycles. The zero-order valence-corrected chi connectivity index (χ0v) is 17.1. The molecule has 0 fully saturated rings. The van der Waals surface area contributed by atoms with Gasteiger partial charge in [-0.2, -0.15) is 0 Å². The van der Waals surface area contributed by atoms with Crippen molar-refractivity contribution in [3.8, 4) is 0 Å². The van der Waals surface area contributed by atoms with Crippen LogP contribution >= 0.6 is 22.7 Å². The lowest BCUT2D eigenvalue weighted by molar-refractivity contribution is -0.129. The molecule has 1 aliphatic rings. The average Bonchev–Trinajstić information content (AvgIpc) is 3.40. The maximum absolute atomic E-state index is 12.7. The van der Waals surface area contributed by atoms with E-state index in [-0.39, 0.29) is 11.5 Å². The highest BCUT2D eigenvalue weighted by atomic mass is 32.1. The van der Waals surface area contributed by atoms with E-state index in [9.17, 15) is 14.4 Å². The number of hydrogen-bond donors (Lipinski definition) is 1. The summed E-state index contributed by atoms with van der Waals surface area (Å²) in [6.45, 7) is 4.31. The van der Waals surface area contributed by atoms with Crippen LogP contribution in [0.4, 0.5) is 0 Å². The maximum Gasteiger partial charge on any atom is 0.349 e. The number of thiophene rings is 2. The molecule has 1 amide bonds. The Morgan fingerprint density at radius 3 is 3.00 bits per heavy atom. The van der Waals surface area contributed by atoms with Gasteiger partial charge in [-0.25, -0.2) is 9.78 Å². The van der Waals surface area contributed by atoms with E-state index in [1.807, 2.05) is 17.5 Å². The van der Waals surface area contributed by atoms with Crippen LogP contribution < -0.4 is 10.9 Å². The molecule has 1 aliphatic heterocycles. The molecule has 7 nitrogen and oxygen atoms in total. The van der Waals surface area contributed by atoms with E-state index < -0.39 is 12.1 Å². The van der Waals surface area contributed by atoms with Gasteiger partial charge in [0.25, 0.3) is 11.5 Å². The van der Waals surface area contributed by atoms with Gasteiger partial charge >= 0.3 is 5.97 Å². The van der Waals surface area contributed by atoms with Gasteiger partial charge in [-0.3, -0.25) is 14.2 Å². The molecule has 0 aromatic carbocycles. The third-order valence-electron chi connectivity index (χ3n) is 4.77. The second-order valence-electron chi connectivity index (χ2n) is 6.67. The van der Waals surface area contributed by atoms with Crippen molar-refractivity contribution in [3.63, 3.8) is 0 Å². The molecule has 0 saturated carbocycles. The second kappa shape index (κ2) is 7.48. The van der Waals surface area contributed by atoms with Crippen molar-refractivity contribution >= 4 is 44.8 Å². The van der Waals surface area contributed by atoms with E-state index in [4.69, 9.17) is 4.74 Å². The number of aryl methyl sites for hydroxylation is 2. The van der Waals surface area contributed by atoms with Gasteiger partial charge in [0.15, 0.2) is 6.10 Å². The summed E-state index contributed by atoms with van der Waals surface area (Å²) in [5.74, 6) is -0.207. The van der Waals surface area contributed by atoms with Crippen LogP contribution in [0.1, 0.15) is 39.3 Å². The van der Waals surface area contributed by atoms with Crippen LogP contribution in [-0.2, 0) is 29.0 Å². The molecule has 3 aromatic rings. The number of carbonyl (C=O) groups excluding carboxylic acids is 2. The Hall–Kier alpha value is -2.52. The van der Waals surface area contributed by atoms with Crippen LogP contribution in [-0.4, -0.2) is 27.5 Å². The van der Waals surface area contributed by atoms with Crippen LogP contribution in [0.3, 0.4) is 0 Å². The van der Waals surface area contributed by atoms with Gasteiger partial charge in [0.1, 0.15) is 15.5 Å². The number of carbonyl (C=O) groups is 2. The summed E-state index contributed by atoms with van der Waals surface area (Å²) in [5.41, 5.74) is 0.461. The molecule has 1 atom stereocenters. The molecule has 0 bridgehead atoms. The normalized spacial score (nSPS) is 14.1. The minimum atomic E-state index is -0.934. The Morgan fingerprint density at radius 1 is 1.43 bits per heavy atom. The van der Waals surface area contributed by atoms with Gasteiger partial charge in [0.05, 0.1) is 11.9 Å². The quantitative estimate of drug-likeness (QED) is 0.645. The first-order valence-electron chi connectivity index (χ1n) is 8.99. The Balaban J connectivity index is 1.51. The van der Waals surface area contributed by atoms with Gasteiger partial charge in [0.2, 0.25) is 0 Å². The van der Waals surface area contributed by atoms with Crippen molar-refractivity contribution in [1.29, 1.82) is 0 Å². The van der Waals surface area contributed by atoms with Crippen molar-refractivity contribution in [2.75, 3.05) is 0 Å². The molecular formula is C19H19N3O4S2. The number of nitrogens with one attached hydrogen (secondary N) is 1. The van der Waals surface area contributed by atoms with E-state index in [1.54, 1.807) is 22.8 Å². The highest BCUT2D eigenvalue weighted by Crippen LogP contribution is 2.29. The van der Waals surface area contributed by atoms with E-state index >= 15 is 0 Å². The van der Waals surface area contributed by atoms with E-state index in [2.05, 4.69) is 10.3 Å². The van der Waals surface area contributed by atoms with Crippen LogP contribution in [0.15, 0.2) is 22.3 Å². The van der Waals surface area contributed by atoms with Gasteiger partial charge in [-0.05, 0) is 37.3 Å². The molecule has 1 N–H and O–H groups in total. The Bertz CT molecular complexity index is 1110. The summed E-state index contributed by atoms with van der Waals surface area (Å²) < 4.78 is 7.02. The van der Waals surface area contributed by atoms with Crippen LogP contribution in [0.25, 0.3) is 10.2 Å². The standard InChI is InChI=1S/C19H19N3O4S2/c1-10-14-17(21-13-6-3-7-22(13)18(14)24)28-15(10)19(25)26-11(2)16(23)20-9-12-5-4-8-27-12/h4-5,8,11H,3,6-7,9H2,1-2H3,(H,20,23)/t11-/m0/s1. The number of amides is 1. The third kappa shape index (κ3) is 3.35. The first kappa shape index (κ1) is 18.8. The highest BCUT2D eigenvalue weighted by molar-refractivity contribution is 7.20. The lowest BCUT2D eigenvalue weighted by atomic mass is 10.2. The van der Waals surface area contributed by atoms with Gasteiger partial charge < -0.3 is 10.1 Å². The maximum atomic E-state index is 12.7. The van der Waals surface area contributed by atoms with Crippen molar-refractivity contribution in [2.45, 2.75) is 45.9 Å². The number of rotatable bonds is 5. The molecule has 0 spiro atoms. The fraction of sp³-hybridized carbons (Fsp3) is 0.368. The molecule has 3 aromatic heterocycles. The van der Waals surface area contributed by atoms with Crippen molar-refractivity contribution in [1.82, 2.24) is 14.9 Å². The lowest BCUT2D eigenvalue weighted by Gasteiger charge is -2.12. The number of hydrogen-bond acceptors (Lipinski definition) is 7. The van der Waals surface area contributed by atoms with Crippen molar-refractivity contribution in [2.24, 2.45) is 0 Å². The topological polar surface area (TPSA) is 90.3 Å². The second-order valence-corrected chi connectivity index (χ2v) is 8.70. The molecule has 146 valence electrons. The summed E-state index contributed by atoms with van der Waals surface area (Å²) >= 11 is 2.69. The molecule has 0 aliphatic carbocycles. The largest absolute Gasteiger partial charge is 0.448 e. The predicted octanol–water partition coefficient (Wildman–Crippen LogP) is 2.64. The first-order chi connectivity index (χ1) is 13.5.